The minimum Gasteiger partial charge on any atom is -0.484 e. The molecule has 1 N–H and O–H groups in total. The first kappa shape index (κ1) is 25.2. The molecule has 188 valence electrons. The number of nitrogens with zero attached hydrogens (tertiary/aromatic N) is 1. The van der Waals surface area contributed by atoms with Gasteiger partial charge in [0.2, 0.25) is 0 Å². The highest BCUT2D eigenvalue weighted by Crippen LogP contribution is 2.35. The van der Waals surface area contributed by atoms with E-state index in [1.165, 1.54) is 12.0 Å². The third-order valence-electron chi connectivity index (χ3n) is 6.19. The number of nitrogens with one attached hydrogen (secondary N) is 1. The average Bonchev–Trinajstić information content (AvgIpc) is 3.49. The normalized spacial score (nSPS) is 18.6. The van der Waals surface area contributed by atoms with Crippen molar-refractivity contribution in [1.82, 2.24) is 5.32 Å². The van der Waals surface area contributed by atoms with Gasteiger partial charge in [-0.1, -0.05) is 29.8 Å². The number of benzene rings is 2. The van der Waals surface area contributed by atoms with Crippen molar-refractivity contribution in [2.24, 2.45) is 0 Å². The second-order valence-corrected chi connectivity index (χ2v) is 8.78. The van der Waals surface area contributed by atoms with Crippen LogP contribution >= 0.6 is 0 Å². The van der Waals surface area contributed by atoms with E-state index in [0.29, 0.717) is 29.2 Å². The van der Waals surface area contributed by atoms with Crippen molar-refractivity contribution < 1.29 is 28.6 Å². The largest absolute Gasteiger partial charge is 0.484 e. The smallest absolute Gasteiger partial charge is 0.340 e. The fourth-order valence-electron chi connectivity index (χ4n) is 4.24. The summed E-state index contributed by atoms with van der Waals surface area (Å²) < 4.78 is 16.0. The van der Waals surface area contributed by atoms with Gasteiger partial charge in [0.15, 0.2) is 6.61 Å². The Kier molecular flexibility index (Phi) is 7.85. The van der Waals surface area contributed by atoms with Gasteiger partial charge in [0.1, 0.15) is 5.75 Å². The first-order valence-electron chi connectivity index (χ1n) is 11.9. The lowest BCUT2D eigenvalue weighted by atomic mass is 10.0. The molecule has 4 rings (SSSR count). The molecule has 1 atom stereocenters. The molecule has 0 saturated carbocycles. The Morgan fingerprint density at radius 3 is 2.47 bits per heavy atom. The van der Waals surface area contributed by atoms with E-state index in [1.807, 2.05) is 31.2 Å². The van der Waals surface area contributed by atoms with Crippen molar-refractivity contribution in [3.05, 3.63) is 76.5 Å². The van der Waals surface area contributed by atoms with Crippen LogP contribution < -0.4 is 15.0 Å². The molecule has 2 aliphatic heterocycles. The van der Waals surface area contributed by atoms with Crippen molar-refractivity contribution in [1.29, 1.82) is 0 Å². The van der Waals surface area contributed by atoms with Crippen LogP contribution in [0.3, 0.4) is 0 Å². The van der Waals surface area contributed by atoms with Gasteiger partial charge in [-0.05, 0) is 62.6 Å². The number of ether oxygens (including phenoxy) is 3. The maximum atomic E-state index is 13.4. The Hall–Kier alpha value is -3.91. The lowest BCUT2D eigenvalue weighted by Gasteiger charge is -2.18. The quantitative estimate of drug-likeness (QED) is 0.449. The van der Waals surface area contributed by atoms with E-state index in [4.69, 9.17) is 14.2 Å². The Bertz CT molecular complexity index is 1190. The summed E-state index contributed by atoms with van der Waals surface area (Å²) >= 11 is 0. The van der Waals surface area contributed by atoms with E-state index in [2.05, 4.69) is 5.32 Å². The first-order chi connectivity index (χ1) is 17.4. The molecule has 2 aromatic carbocycles. The van der Waals surface area contributed by atoms with Crippen molar-refractivity contribution in [3.8, 4) is 5.75 Å². The second kappa shape index (κ2) is 11.2. The molecule has 0 aliphatic carbocycles. The van der Waals surface area contributed by atoms with Crippen LogP contribution in [0.2, 0.25) is 0 Å². The van der Waals surface area contributed by atoms with E-state index in [9.17, 15) is 14.4 Å². The van der Waals surface area contributed by atoms with Crippen LogP contribution in [-0.4, -0.2) is 50.8 Å². The average molecular weight is 491 g/mol. The number of carbonyl (C=O) groups excluding carboxylic acids is 3. The number of rotatable bonds is 8. The molecule has 0 unspecified atom stereocenters. The Morgan fingerprint density at radius 2 is 1.83 bits per heavy atom. The van der Waals surface area contributed by atoms with Crippen LogP contribution in [0.1, 0.15) is 30.9 Å². The predicted molar refractivity (Wildman–Crippen MR) is 135 cm³/mol. The van der Waals surface area contributed by atoms with Crippen molar-refractivity contribution >= 4 is 29.5 Å². The van der Waals surface area contributed by atoms with E-state index < -0.39 is 5.97 Å². The SMILES string of the molecule is COC(=O)C1=C(C)N(c2ccc(C)cc2)C(=O)/C1=C\c1ccc(OCC(=O)NC[C@@H]2CCCO2)cc1. The van der Waals surface area contributed by atoms with Gasteiger partial charge in [-0.2, -0.15) is 0 Å². The molecular formula is C28H30N2O6. The molecule has 8 nitrogen and oxygen atoms in total. The molecule has 2 aliphatic rings. The Balaban J connectivity index is 1.46. The molecule has 0 bridgehead atoms. The molecule has 1 saturated heterocycles. The van der Waals surface area contributed by atoms with Gasteiger partial charge in [-0.3, -0.25) is 14.5 Å². The second-order valence-electron chi connectivity index (χ2n) is 8.78. The van der Waals surface area contributed by atoms with Crippen LogP contribution in [0.4, 0.5) is 5.69 Å². The summed E-state index contributed by atoms with van der Waals surface area (Å²) in [7, 11) is 1.29. The summed E-state index contributed by atoms with van der Waals surface area (Å²) in [6, 6.07) is 14.5. The van der Waals surface area contributed by atoms with Gasteiger partial charge in [0.25, 0.3) is 11.8 Å². The number of esters is 1. The molecule has 0 aromatic heterocycles. The summed E-state index contributed by atoms with van der Waals surface area (Å²) in [6.45, 7) is 4.81. The van der Waals surface area contributed by atoms with Crippen molar-refractivity contribution in [3.63, 3.8) is 0 Å². The summed E-state index contributed by atoms with van der Waals surface area (Å²) in [5.41, 5.74) is 3.44. The summed E-state index contributed by atoms with van der Waals surface area (Å²) in [6.07, 6.45) is 3.71. The lowest BCUT2D eigenvalue weighted by molar-refractivity contribution is -0.136. The number of allylic oxidation sites excluding steroid dienone is 1. The van der Waals surface area contributed by atoms with Crippen LogP contribution in [0, 0.1) is 6.92 Å². The third-order valence-corrected chi connectivity index (χ3v) is 6.19. The van der Waals surface area contributed by atoms with Crippen LogP contribution in [0.5, 0.6) is 5.75 Å². The molecule has 2 amide bonds. The lowest BCUT2D eigenvalue weighted by Crippen LogP contribution is -2.35. The van der Waals surface area contributed by atoms with Gasteiger partial charge in [0.05, 0.1) is 24.4 Å². The number of amides is 2. The Labute approximate surface area is 210 Å². The predicted octanol–water partition coefficient (Wildman–Crippen LogP) is 3.55. The molecule has 2 heterocycles. The zero-order valence-electron chi connectivity index (χ0n) is 20.7. The molecule has 2 aromatic rings. The summed E-state index contributed by atoms with van der Waals surface area (Å²) in [4.78, 5) is 39.5. The number of methoxy groups -OCH3 is 1. The van der Waals surface area contributed by atoms with E-state index in [1.54, 1.807) is 37.3 Å². The highest BCUT2D eigenvalue weighted by atomic mass is 16.5. The maximum absolute atomic E-state index is 13.4. The number of hydrogen-bond acceptors (Lipinski definition) is 6. The van der Waals surface area contributed by atoms with Gasteiger partial charge < -0.3 is 19.5 Å². The monoisotopic (exact) mass is 490 g/mol. The fraction of sp³-hybridized carbons (Fsp3) is 0.321. The summed E-state index contributed by atoms with van der Waals surface area (Å²) in [5, 5.41) is 2.82. The summed E-state index contributed by atoms with van der Waals surface area (Å²) in [5.74, 6) is -0.577. The molecule has 36 heavy (non-hydrogen) atoms. The van der Waals surface area contributed by atoms with Gasteiger partial charge in [-0.25, -0.2) is 4.79 Å². The van der Waals surface area contributed by atoms with Gasteiger partial charge in [-0.15, -0.1) is 0 Å². The molecule has 8 heteroatoms. The molecular weight excluding hydrogens is 460 g/mol. The van der Waals surface area contributed by atoms with Crippen molar-refractivity contribution in [2.45, 2.75) is 32.8 Å². The maximum Gasteiger partial charge on any atom is 0.340 e. The minimum absolute atomic E-state index is 0.0778. The van der Waals surface area contributed by atoms with Gasteiger partial charge in [0, 0.05) is 24.5 Å². The minimum atomic E-state index is -0.573. The number of hydrogen-bond donors (Lipinski definition) is 1. The standard InChI is InChI=1S/C28H30N2O6/c1-18-6-10-21(11-7-18)30-19(2)26(28(33)34-3)24(27(30)32)15-20-8-12-22(13-9-20)36-17-25(31)29-16-23-5-4-14-35-23/h6-13,15,23H,4-5,14,16-17H2,1-3H3,(H,29,31)/b24-15-/t23-/m0/s1. The molecule has 0 radical (unpaired) electrons. The van der Waals surface area contributed by atoms with Crippen molar-refractivity contribution in [2.75, 3.05) is 31.8 Å². The van der Waals surface area contributed by atoms with Gasteiger partial charge >= 0.3 is 5.97 Å². The first-order valence-corrected chi connectivity index (χ1v) is 11.9. The number of carbonyl (C=O) groups is 3. The third kappa shape index (κ3) is 5.66. The van der Waals surface area contributed by atoms with Crippen LogP contribution in [0.25, 0.3) is 6.08 Å². The highest BCUT2D eigenvalue weighted by Gasteiger charge is 2.37. The topological polar surface area (TPSA) is 94.2 Å². The van der Waals surface area contributed by atoms with Crippen LogP contribution in [-0.2, 0) is 23.9 Å². The Morgan fingerprint density at radius 1 is 1.11 bits per heavy atom. The number of aryl methyl sites for hydroxylation is 1. The fourth-order valence-corrected chi connectivity index (χ4v) is 4.24. The number of anilines is 1. The van der Waals surface area contributed by atoms with Crippen LogP contribution in [0.15, 0.2) is 65.4 Å². The van der Waals surface area contributed by atoms with E-state index >= 15 is 0 Å². The highest BCUT2D eigenvalue weighted by molar-refractivity contribution is 6.23. The zero-order valence-corrected chi connectivity index (χ0v) is 20.7. The molecule has 1 fully saturated rings. The zero-order chi connectivity index (χ0) is 25.7. The molecule has 0 spiro atoms. The van der Waals surface area contributed by atoms with E-state index in [-0.39, 0.29) is 35.7 Å². The van der Waals surface area contributed by atoms with E-state index in [0.717, 1.165) is 25.0 Å².